The first kappa shape index (κ1) is 16.2. The molecule has 1 N–H and O–H groups in total. The zero-order valence-corrected chi connectivity index (χ0v) is 12.1. The van der Waals surface area contributed by atoms with E-state index >= 15 is 0 Å². The Morgan fingerprint density at radius 3 is 2.50 bits per heavy atom. The maximum absolute atomic E-state index is 11.8. The summed E-state index contributed by atoms with van der Waals surface area (Å²) in [5.41, 5.74) is 0.939. The van der Waals surface area contributed by atoms with E-state index in [0.29, 0.717) is 12.0 Å². The number of unbranched alkanes of at least 4 members (excludes halogenated alkanes) is 3. The Balaban J connectivity index is 2.96. The second kappa shape index (κ2) is 8.35. The van der Waals surface area contributed by atoms with Crippen LogP contribution in [0.1, 0.15) is 65.8 Å². The third-order valence-corrected chi connectivity index (χ3v) is 3.16. The third-order valence-electron chi connectivity index (χ3n) is 3.16. The number of rotatable bonds is 8. The van der Waals surface area contributed by atoms with E-state index in [-0.39, 0.29) is 17.7 Å². The monoisotopic (exact) mass is 278 g/mol. The fourth-order valence-corrected chi connectivity index (χ4v) is 2.18. The van der Waals surface area contributed by atoms with Crippen LogP contribution in [0.25, 0.3) is 0 Å². The van der Waals surface area contributed by atoms with E-state index in [4.69, 9.17) is 4.74 Å². The van der Waals surface area contributed by atoms with Crippen molar-refractivity contribution < 1.29 is 19.4 Å². The Labute approximate surface area is 119 Å². The van der Waals surface area contributed by atoms with Crippen LogP contribution in [0.5, 0.6) is 0 Å². The standard InChI is InChI=1S/C16H22O4/c1-3-5-6-7-9-12-10-8-11-13(14(12)15(17)18)16(19)20-4-2/h8,10-11H,3-7,9H2,1-2H3,(H,17,18). The van der Waals surface area contributed by atoms with Crippen LogP contribution >= 0.6 is 0 Å². The molecule has 0 aliphatic rings. The predicted octanol–water partition coefficient (Wildman–Crippen LogP) is 3.68. The van der Waals surface area contributed by atoms with Crippen molar-refractivity contribution in [3.63, 3.8) is 0 Å². The summed E-state index contributed by atoms with van der Waals surface area (Å²) in [5, 5.41) is 9.36. The van der Waals surface area contributed by atoms with Crippen LogP contribution in [0.4, 0.5) is 0 Å². The SMILES string of the molecule is CCCCCCc1cccc(C(=O)OCC)c1C(=O)O. The van der Waals surface area contributed by atoms with E-state index in [1.807, 2.05) is 0 Å². The van der Waals surface area contributed by atoms with Gasteiger partial charge in [-0.15, -0.1) is 0 Å². The normalized spacial score (nSPS) is 10.3. The van der Waals surface area contributed by atoms with Gasteiger partial charge in [0.15, 0.2) is 0 Å². The first-order valence-electron chi connectivity index (χ1n) is 7.14. The van der Waals surface area contributed by atoms with Gasteiger partial charge in [-0.1, -0.05) is 38.3 Å². The summed E-state index contributed by atoms with van der Waals surface area (Å²) in [6.07, 6.45) is 4.95. The fraction of sp³-hybridized carbons (Fsp3) is 0.500. The molecular formula is C16H22O4. The molecular weight excluding hydrogens is 256 g/mol. The van der Waals surface area contributed by atoms with Gasteiger partial charge in [0.2, 0.25) is 0 Å². The van der Waals surface area contributed by atoms with Crippen LogP contribution in [0.2, 0.25) is 0 Å². The highest BCUT2D eigenvalue weighted by molar-refractivity contribution is 6.03. The van der Waals surface area contributed by atoms with Crippen LogP contribution in [-0.4, -0.2) is 23.7 Å². The minimum absolute atomic E-state index is 0.0856. The molecule has 0 unspecified atom stereocenters. The molecule has 20 heavy (non-hydrogen) atoms. The van der Waals surface area contributed by atoms with E-state index < -0.39 is 11.9 Å². The number of carboxylic acid groups (broad SMARTS) is 1. The molecule has 0 aliphatic heterocycles. The summed E-state index contributed by atoms with van der Waals surface area (Å²) in [7, 11) is 0. The molecule has 0 atom stereocenters. The zero-order valence-electron chi connectivity index (χ0n) is 12.1. The Morgan fingerprint density at radius 2 is 1.90 bits per heavy atom. The highest BCUT2D eigenvalue weighted by Crippen LogP contribution is 2.19. The second-order valence-electron chi connectivity index (χ2n) is 4.68. The molecule has 0 saturated heterocycles. The summed E-state index contributed by atoms with van der Waals surface area (Å²) in [5.74, 6) is -1.64. The predicted molar refractivity (Wildman–Crippen MR) is 77.2 cm³/mol. The molecule has 1 aromatic rings. The lowest BCUT2D eigenvalue weighted by Crippen LogP contribution is -2.14. The smallest absolute Gasteiger partial charge is 0.339 e. The van der Waals surface area contributed by atoms with Gasteiger partial charge in [0.1, 0.15) is 0 Å². The molecule has 0 fully saturated rings. The Morgan fingerprint density at radius 1 is 1.15 bits per heavy atom. The number of hydrogen-bond donors (Lipinski definition) is 1. The van der Waals surface area contributed by atoms with Gasteiger partial charge in [-0.2, -0.15) is 0 Å². The van der Waals surface area contributed by atoms with Gasteiger partial charge in [-0.05, 0) is 31.4 Å². The average molecular weight is 278 g/mol. The highest BCUT2D eigenvalue weighted by Gasteiger charge is 2.20. The summed E-state index contributed by atoms with van der Waals surface area (Å²) in [6, 6.07) is 5.00. The van der Waals surface area contributed by atoms with Gasteiger partial charge in [0.05, 0.1) is 17.7 Å². The molecule has 0 heterocycles. The van der Waals surface area contributed by atoms with E-state index in [9.17, 15) is 14.7 Å². The molecule has 1 rings (SSSR count). The maximum atomic E-state index is 11.8. The molecule has 0 amide bonds. The largest absolute Gasteiger partial charge is 0.478 e. The van der Waals surface area contributed by atoms with Gasteiger partial charge in [-0.25, -0.2) is 9.59 Å². The molecule has 0 spiro atoms. The minimum Gasteiger partial charge on any atom is -0.478 e. The zero-order chi connectivity index (χ0) is 15.0. The van der Waals surface area contributed by atoms with Crippen molar-refractivity contribution in [1.82, 2.24) is 0 Å². The first-order chi connectivity index (χ1) is 9.61. The number of hydrogen-bond acceptors (Lipinski definition) is 3. The van der Waals surface area contributed by atoms with Gasteiger partial charge in [0, 0.05) is 0 Å². The molecule has 0 bridgehead atoms. The van der Waals surface area contributed by atoms with Crippen LogP contribution < -0.4 is 0 Å². The molecule has 0 aromatic heterocycles. The number of esters is 1. The number of benzene rings is 1. The maximum Gasteiger partial charge on any atom is 0.339 e. The number of carbonyl (C=O) groups is 2. The quantitative estimate of drug-likeness (QED) is 0.582. The first-order valence-corrected chi connectivity index (χ1v) is 7.14. The second-order valence-corrected chi connectivity index (χ2v) is 4.68. The molecule has 4 nitrogen and oxygen atoms in total. The van der Waals surface area contributed by atoms with Crippen molar-refractivity contribution in [1.29, 1.82) is 0 Å². The summed E-state index contributed by atoms with van der Waals surface area (Å²) >= 11 is 0. The molecule has 4 heteroatoms. The lowest BCUT2D eigenvalue weighted by molar-refractivity contribution is 0.0514. The summed E-state index contributed by atoms with van der Waals surface area (Å²) < 4.78 is 4.91. The van der Waals surface area contributed by atoms with Crippen LogP contribution in [0.15, 0.2) is 18.2 Å². The third kappa shape index (κ3) is 4.37. The van der Waals surface area contributed by atoms with Crippen molar-refractivity contribution in [2.75, 3.05) is 6.61 Å². The molecule has 0 saturated carbocycles. The number of ether oxygens (including phenoxy) is 1. The minimum atomic E-state index is -1.07. The van der Waals surface area contributed by atoms with Crippen molar-refractivity contribution >= 4 is 11.9 Å². The molecule has 0 radical (unpaired) electrons. The van der Waals surface area contributed by atoms with Crippen LogP contribution in [0, 0.1) is 0 Å². The Bertz CT molecular complexity index is 466. The molecule has 0 aliphatic carbocycles. The lowest BCUT2D eigenvalue weighted by Gasteiger charge is -2.10. The molecule has 110 valence electrons. The topological polar surface area (TPSA) is 63.6 Å². The Kier molecular flexibility index (Phi) is 6.77. The number of carboxylic acids is 1. The van der Waals surface area contributed by atoms with Gasteiger partial charge in [-0.3, -0.25) is 0 Å². The van der Waals surface area contributed by atoms with Gasteiger partial charge >= 0.3 is 11.9 Å². The molecule has 1 aromatic carbocycles. The average Bonchev–Trinajstić information content (AvgIpc) is 2.43. The summed E-state index contributed by atoms with van der Waals surface area (Å²) in [4.78, 5) is 23.2. The van der Waals surface area contributed by atoms with E-state index in [0.717, 1.165) is 25.7 Å². The number of aryl methyl sites for hydroxylation is 1. The highest BCUT2D eigenvalue weighted by atomic mass is 16.5. The van der Waals surface area contributed by atoms with Crippen molar-refractivity contribution in [2.45, 2.75) is 46.0 Å². The van der Waals surface area contributed by atoms with E-state index in [2.05, 4.69) is 6.92 Å². The van der Waals surface area contributed by atoms with Gasteiger partial charge < -0.3 is 9.84 Å². The van der Waals surface area contributed by atoms with Crippen LogP contribution in [-0.2, 0) is 11.2 Å². The number of carbonyl (C=O) groups excluding carboxylic acids is 1. The fourth-order valence-electron chi connectivity index (χ4n) is 2.18. The van der Waals surface area contributed by atoms with Crippen LogP contribution in [0.3, 0.4) is 0 Å². The number of aromatic carboxylic acids is 1. The Hall–Kier alpha value is -1.84. The van der Waals surface area contributed by atoms with E-state index in [1.165, 1.54) is 6.07 Å². The van der Waals surface area contributed by atoms with Crippen molar-refractivity contribution in [3.8, 4) is 0 Å². The van der Waals surface area contributed by atoms with Crippen molar-refractivity contribution in [2.24, 2.45) is 0 Å². The van der Waals surface area contributed by atoms with Crippen molar-refractivity contribution in [3.05, 3.63) is 34.9 Å². The summed E-state index contributed by atoms with van der Waals surface area (Å²) in [6.45, 7) is 4.07. The van der Waals surface area contributed by atoms with E-state index in [1.54, 1.807) is 19.1 Å². The lowest BCUT2D eigenvalue weighted by atomic mass is 9.96. The van der Waals surface area contributed by atoms with Gasteiger partial charge in [0.25, 0.3) is 0 Å².